The number of aromatic nitrogens is 2. The second-order valence-electron chi connectivity index (χ2n) is 5.79. The maximum Gasteiger partial charge on any atom is 0.137 e. The minimum absolute atomic E-state index is 0.613. The quantitative estimate of drug-likeness (QED) is 0.358. The van der Waals surface area contributed by atoms with E-state index in [0.717, 1.165) is 22.6 Å². The van der Waals surface area contributed by atoms with Crippen molar-refractivity contribution in [3.63, 3.8) is 0 Å². The number of hydrogen-bond donors (Lipinski definition) is 0. The van der Waals surface area contributed by atoms with Crippen molar-refractivity contribution < 1.29 is 4.74 Å². The Kier molecular flexibility index (Phi) is 3.82. The van der Waals surface area contributed by atoms with Crippen LogP contribution in [0, 0.1) is 0 Å². The molecule has 0 atom stereocenters. The first-order valence-electron chi connectivity index (χ1n) is 8.22. The Morgan fingerprint density at radius 3 is 2.60 bits per heavy atom. The van der Waals surface area contributed by atoms with Crippen molar-refractivity contribution in [2.75, 3.05) is 0 Å². The fourth-order valence-corrected chi connectivity index (χ4v) is 3.12. The van der Waals surface area contributed by atoms with Gasteiger partial charge in [0.2, 0.25) is 0 Å². The van der Waals surface area contributed by atoms with Crippen LogP contribution in [-0.2, 0) is 0 Å². The van der Waals surface area contributed by atoms with E-state index < -0.39 is 0 Å². The summed E-state index contributed by atoms with van der Waals surface area (Å²) in [6.07, 6.45) is 5.56. The predicted molar refractivity (Wildman–Crippen MR) is 103 cm³/mol. The first kappa shape index (κ1) is 15.2. The molecule has 4 rings (SSSR count). The van der Waals surface area contributed by atoms with Crippen LogP contribution in [0.1, 0.15) is 6.92 Å². The summed E-state index contributed by atoms with van der Waals surface area (Å²) >= 11 is 0. The first-order chi connectivity index (χ1) is 12.3. The van der Waals surface area contributed by atoms with Crippen molar-refractivity contribution in [3.8, 4) is 11.6 Å². The van der Waals surface area contributed by atoms with Crippen LogP contribution in [0.25, 0.3) is 27.6 Å². The molecule has 122 valence electrons. The van der Waals surface area contributed by atoms with Crippen molar-refractivity contribution >= 4 is 21.8 Å². The van der Waals surface area contributed by atoms with Crippen LogP contribution in [0.3, 0.4) is 0 Å². The molecule has 2 aromatic heterocycles. The van der Waals surface area contributed by atoms with Crippen molar-refractivity contribution in [1.82, 2.24) is 9.55 Å². The molecule has 0 saturated heterocycles. The summed E-state index contributed by atoms with van der Waals surface area (Å²) in [5, 5.41) is 2.37. The van der Waals surface area contributed by atoms with E-state index in [2.05, 4.69) is 40.4 Å². The second kappa shape index (κ2) is 6.29. The molecule has 25 heavy (non-hydrogen) atoms. The van der Waals surface area contributed by atoms with E-state index >= 15 is 0 Å². The van der Waals surface area contributed by atoms with Gasteiger partial charge in [0.25, 0.3) is 0 Å². The average molecular weight is 326 g/mol. The van der Waals surface area contributed by atoms with Gasteiger partial charge in [-0.05, 0) is 43.3 Å². The molecule has 4 aromatic rings. The van der Waals surface area contributed by atoms with Gasteiger partial charge in [0.1, 0.15) is 17.3 Å². The molecule has 0 aliphatic rings. The van der Waals surface area contributed by atoms with Crippen molar-refractivity contribution in [2.24, 2.45) is 0 Å². The largest absolute Gasteiger partial charge is 0.458 e. The number of pyridine rings is 1. The Hall–Kier alpha value is -3.33. The van der Waals surface area contributed by atoms with Gasteiger partial charge in [-0.2, -0.15) is 0 Å². The zero-order chi connectivity index (χ0) is 17.2. The highest BCUT2D eigenvalue weighted by molar-refractivity contribution is 6.09. The van der Waals surface area contributed by atoms with Gasteiger partial charge in [-0.3, -0.25) is 4.57 Å². The molecule has 0 saturated carbocycles. The average Bonchev–Trinajstić information content (AvgIpc) is 2.96. The molecule has 2 heterocycles. The van der Waals surface area contributed by atoms with Crippen LogP contribution < -0.4 is 4.74 Å². The molecule has 0 radical (unpaired) electrons. The molecular formula is C22H18N2O. The van der Waals surface area contributed by atoms with E-state index in [-0.39, 0.29) is 0 Å². The number of fused-ring (bicyclic) bond motifs is 3. The van der Waals surface area contributed by atoms with Crippen LogP contribution in [0.4, 0.5) is 0 Å². The van der Waals surface area contributed by atoms with Crippen LogP contribution in [0.5, 0.6) is 5.75 Å². The third-order valence-electron chi connectivity index (χ3n) is 4.13. The van der Waals surface area contributed by atoms with Gasteiger partial charge in [-0.15, -0.1) is 0 Å². The third kappa shape index (κ3) is 2.70. The molecule has 0 unspecified atom stereocenters. The summed E-state index contributed by atoms with van der Waals surface area (Å²) in [5.74, 6) is 2.26. The van der Waals surface area contributed by atoms with Crippen LogP contribution >= 0.6 is 0 Å². The summed E-state index contributed by atoms with van der Waals surface area (Å²) in [5.41, 5.74) is 2.19. The van der Waals surface area contributed by atoms with Gasteiger partial charge in [0.05, 0.1) is 11.0 Å². The van der Waals surface area contributed by atoms with E-state index in [0.29, 0.717) is 5.76 Å². The Morgan fingerprint density at radius 2 is 1.80 bits per heavy atom. The van der Waals surface area contributed by atoms with Gasteiger partial charge >= 0.3 is 0 Å². The lowest BCUT2D eigenvalue weighted by molar-refractivity contribution is 0.447. The smallest absolute Gasteiger partial charge is 0.137 e. The number of hydrogen-bond acceptors (Lipinski definition) is 2. The SMILES string of the molecule is C=C(/C=C\C)Oc1ccc2c3ccccc3n(-c3ccccn3)c2c1. The summed E-state index contributed by atoms with van der Waals surface area (Å²) < 4.78 is 8.00. The molecule has 0 bridgehead atoms. The zero-order valence-electron chi connectivity index (χ0n) is 14.0. The summed E-state index contributed by atoms with van der Waals surface area (Å²) in [6, 6.07) is 20.4. The molecule has 0 spiro atoms. The van der Waals surface area contributed by atoms with Crippen molar-refractivity contribution in [1.29, 1.82) is 0 Å². The number of allylic oxidation sites excluding steroid dienone is 2. The second-order valence-corrected chi connectivity index (χ2v) is 5.79. The van der Waals surface area contributed by atoms with Gasteiger partial charge in [0.15, 0.2) is 0 Å². The van der Waals surface area contributed by atoms with E-state index in [9.17, 15) is 0 Å². The summed E-state index contributed by atoms with van der Waals surface area (Å²) in [7, 11) is 0. The lowest BCUT2D eigenvalue weighted by atomic mass is 10.1. The van der Waals surface area contributed by atoms with Crippen molar-refractivity contribution in [3.05, 3.63) is 91.4 Å². The van der Waals surface area contributed by atoms with Crippen LogP contribution in [-0.4, -0.2) is 9.55 Å². The zero-order valence-corrected chi connectivity index (χ0v) is 14.0. The first-order valence-corrected chi connectivity index (χ1v) is 8.22. The highest BCUT2D eigenvalue weighted by Gasteiger charge is 2.13. The Labute approximate surface area is 146 Å². The summed E-state index contributed by atoms with van der Waals surface area (Å²) in [6.45, 7) is 5.86. The third-order valence-corrected chi connectivity index (χ3v) is 4.13. The number of ether oxygens (including phenoxy) is 1. The monoisotopic (exact) mass is 326 g/mol. The lowest BCUT2D eigenvalue weighted by Gasteiger charge is -2.08. The predicted octanol–water partition coefficient (Wildman–Crippen LogP) is 5.65. The fourth-order valence-electron chi connectivity index (χ4n) is 3.12. The van der Waals surface area contributed by atoms with E-state index in [1.807, 2.05) is 61.7 Å². The number of para-hydroxylation sites is 1. The molecule has 3 heteroatoms. The number of benzene rings is 2. The van der Waals surface area contributed by atoms with E-state index in [4.69, 9.17) is 4.74 Å². The van der Waals surface area contributed by atoms with Crippen LogP contribution in [0.2, 0.25) is 0 Å². The minimum Gasteiger partial charge on any atom is -0.458 e. The normalized spacial score (nSPS) is 11.4. The molecule has 3 nitrogen and oxygen atoms in total. The molecular weight excluding hydrogens is 308 g/mol. The van der Waals surface area contributed by atoms with Crippen molar-refractivity contribution in [2.45, 2.75) is 6.92 Å². The summed E-state index contributed by atoms with van der Waals surface area (Å²) in [4.78, 5) is 4.53. The maximum atomic E-state index is 5.83. The number of rotatable bonds is 4. The highest BCUT2D eigenvalue weighted by Crippen LogP contribution is 2.33. The van der Waals surface area contributed by atoms with Crippen LogP contribution in [0.15, 0.2) is 91.4 Å². The van der Waals surface area contributed by atoms with Gasteiger partial charge < -0.3 is 4.74 Å². The van der Waals surface area contributed by atoms with Gasteiger partial charge in [0, 0.05) is 23.0 Å². The maximum absolute atomic E-state index is 5.83. The minimum atomic E-state index is 0.613. The Bertz CT molecular complexity index is 1090. The Balaban J connectivity index is 1.97. The lowest BCUT2D eigenvalue weighted by Crippen LogP contribution is -1.97. The van der Waals surface area contributed by atoms with Gasteiger partial charge in [-0.25, -0.2) is 4.98 Å². The fraction of sp³-hybridized carbons (Fsp3) is 0.0455. The molecule has 0 aliphatic heterocycles. The molecule has 0 amide bonds. The Morgan fingerprint density at radius 1 is 1.00 bits per heavy atom. The van der Waals surface area contributed by atoms with E-state index in [1.54, 1.807) is 0 Å². The van der Waals surface area contributed by atoms with E-state index in [1.165, 1.54) is 10.8 Å². The highest BCUT2D eigenvalue weighted by atomic mass is 16.5. The molecule has 0 N–H and O–H groups in total. The van der Waals surface area contributed by atoms with Gasteiger partial charge in [-0.1, -0.05) is 36.9 Å². The molecule has 2 aromatic carbocycles. The molecule has 0 fully saturated rings. The topological polar surface area (TPSA) is 27.1 Å². The molecule has 0 aliphatic carbocycles. The standard InChI is InChI=1S/C22H18N2O/c1-3-8-16(2)25-17-12-13-19-18-9-4-5-10-20(18)24(21(19)15-17)22-11-6-7-14-23-22/h3-15H,2H2,1H3/b8-3-. The number of nitrogens with zero attached hydrogens (tertiary/aromatic N) is 2.